The molecule has 3 rings (SSSR count). The van der Waals surface area contributed by atoms with Crippen LogP contribution in [0, 0.1) is 11.7 Å². The third-order valence-electron chi connectivity index (χ3n) is 3.51. The Bertz CT molecular complexity index is 829. The molecule has 0 aliphatic carbocycles. The average molecular weight is 314 g/mol. The number of imidazole rings is 1. The number of fused-ring (bicyclic) bond motifs is 1. The first-order chi connectivity index (χ1) is 11.1. The van der Waals surface area contributed by atoms with Crippen molar-refractivity contribution in [1.82, 2.24) is 14.4 Å². The highest BCUT2D eigenvalue weighted by molar-refractivity contribution is 5.70. The van der Waals surface area contributed by atoms with Gasteiger partial charge in [-0.2, -0.15) is 0 Å². The molecule has 120 valence electrons. The van der Waals surface area contributed by atoms with E-state index in [0.29, 0.717) is 23.0 Å². The Morgan fingerprint density at radius 1 is 1.35 bits per heavy atom. The SMILES string of the molecule is COc1cccc(-c2cn3ccnc3c(NCC(C)C)n2)c1F. The lowest BCUT2D eigenvalue weighted by Gasteiger charge is -2.12. The summed E-state index contributed by atoms with van der Waals surface area (Å²) in [5, 5.41) is 3.28. The summed E-state index contributed by atoms with van der Waals surface area (Å²) in [6.45, 7) is 4.99. The maximum atomic E-state index is 14.5. The Hall–Kier alpha value is -2.63. The Labute approximate surface area is 134 Å². The fourth-order valence-electron chi connectivity index (χ4n) is 2.35. The van der Waals surface area contributed by atoms with E-state index in [1.807, 2.05) is 10.6 Å². The first kappa shape index (κ1) is 15.3. The van der Waals surface area contributed by atoms with Gasteiger partial charge in [0.1, 0.15) is 0 Å². The maximum absolute atomic E-state index is 14.5. The van der Waals surface area contributed by atoms with E-state index < -0.39 is 5.82 Å². The van der Waals surface area contributed by atoms with Crippen molar-refractivity contribution in [2.24, 2.45) is 5.92 Å². The van der Waals surface area contributed by atoms with Crippen LogP contribution < -0.4 is 10.1 Å². The lowest BCUT2D eigenvalue weighted by Crippen LogP contribution is -2.11. The monoisotopic (exact) mass is 314 g/mol. The smallest absolute Gasteiger partial charge is 0.180 e. The second-order valence-corrected chi connectivity index (χ2v) is 5.73. The Balaban J connectivity index is 2.11. The summed E-state index contributed by atoms with van der Waals surface area (Å²) in [6, 6.07) is 5.03. The molecule has 0 radical (unpaired) electrons. The number of halogens is 1. The number of methoxy groups -OCH3 is 1. The minimum Gasteiger partial charge on any atom is -0.494 e. The normalized spacial score (nSPS) is 11.2. The molecule has 0 amide bonds. The van der Waals surface area contributed by atoms with Gasteiger partial charge in [0.2, 0.25) is 0 Å². The highest BCUT2D eigenvalue weighted by Crippen LogP contribution is 2.29. The second kappa shape index (κ2) is 6.24. The summed E-state index contributed by atoms with van der Waals surface area (Å²) in [6.07, 6.45) is 5.28. The molecule has 23 heavy (non-hydrogen) atoms. The van der Waals surface area contributed by atoms with E-state index in [0.717, 1.165) is 12.2 Å². The quantitative estimate of drug-likeness (QED) is 0.781. The van der Waals surface area contributed by atoms with Crippen molar-refractivity contribution in [3.05, 3.63) is 42.6 Å². The van der Waals surface area contributed by atoms with Crippen LogP contribution in [0.1, 0.15) is 13.8 Å². The molecule has 0 spiro atoms. The van der Waals surface area contributed by atoms with E-state index >= 15 is 0 Å². The van der Waals surface area contributed by atoms with E-state index in [-0.39, 0.29) is 5.75 Å². The van der Waals surface area contributed by atoms with Crippen molar-refractivity contribution in [1.29, 1.82) is 0 Å². The molecule has 1 N–H and O–H groups in total. The number of nitrogens with zero attached hydrogens (tertiary/aromatic N) is 3. The third kappa shape index (κ3) is 2.97. The van der Waals surface area contributed by atoms with Crippen LogP contribution in [-0.2, 0) is 0 Å². The molecular formula is C17H19FN4O. The van der Waals surface area contributed by atoms with Crippen molar-refractivity contribution in [3.63, 3.8) is 0 Å². The van der Waals surface area contributed by atoms with Gasteiger partial charge in [0.05, 0.1) is 12.8 Å². The van der Waals surface area contributed by atoms with Gasteiger partial charge in [-0.3, -0.25) is 0 Å². The number of ether oxygens (including phenoxy) is 1. The minimum absolute atomic E-state index is 0.201. The number of benzene rings is 1. The molecule has 0 atom stereocenters. The van der Waals surface area contributed by atoms with E-state index in [2.05, 4.69) is 29.1 Å². The molecule has 5 nitrogen and oxygen atoms in total. The standard InChI is InChI=1S/C17H19FN4O/c1-11(2)9-20-16-17-19-7-8-22(17)10-13(21-16)12-5-4-6-14(23-3)15(12)18/h4-8,10-11H,9H2,1-3H3,(H,20,21). The lowest BCUT2D eigenvalue weighted by molar-refractivity contribution is 0.387. The molecule has 2 aromatic heterocycles. The van der Waals surface area contributed by atoms with Crippen molar-refractivity contribution < 1.29 is 9.13 Å². The van der Waals surface area contributed by atoms with Crippen LogP contribution in [-0.4, -0.2) is 28.0 Å². The first-order valence-corrected chi connectivity index (χ1v) is 7.50. The summed E-state index contributed by atoms with van der Waals surface area (Å²) in [5.74, 6) is 0.885. The highest BCUT2D eigenvalue weighted by atomic mass is 19.1. The van der Waals surface area contributed by atoms with Gasteiger partial charge in [0, 0.05) is 30.7 Å². The fourth-order valence-corrected chi connectivity index (χ4v) is 2.35. The second-order valence-electron chi connectivity index (χ2n) is 5.73. The summed E-state index contributed by atoms with van der Waals surface area (Å²) in [4.78, 5) is 8.87. The summed E-state index contributed by atoms with van der Waals surface area (Å²) < 4.78 is 21.4. The van der Waals surface area contributed by atoms with Crippen molar-refractivity contribution in [3.8, 4) is 17.0 Å². The molecule has 6 heteroatoms. The van der Waals surface area contributed by atoms with E-state index in [4.69, 9.17) is 4.74 Å². The molecule has 0 aliphatic rings. The summed E-state index contributed by atoms with van der Waals surface area (Å²) in [5.41, 5.74) is 1.64. The Morgan fingerprint density at radius 3 is 2.91 bits per heavy atom. The number of hydrogen-bond acceptors (Lipinski definition) is 4. The highest BCUT2D eigenvalue weighted by Gasteiger charge is 2.15. The van der Waals surface area contributed by atoms with Crippen LogP contribution in [0.4, 0.5) is 10.2 Å². The van der Waals surface area contributed by atoms with Gasteiger partial charge in [-0.05, 0) is 18.1 Å². The van der Waals surface area contributed by atoms with Gasteiger partial charge in [-0.15, -0.1) is 0 Å². The molecule has 0 fully saturated rings. The van der Waals surface area contributed by atoms with Crippen LogP contribution in [0.5, 0.6) is 5.75 Å². The molecule has 0 saturated heterocycles. The van der Waals surface area contributed by atoms with Crippen molar-refractivity contribution in [2.45, 2.75) is 13.8 Å². The zero-order valence-corrected chi connectivity index (χ0v) is 13.4. The molecule has 0 saturated carbocycles. The van der Waals surface area contributed by atoms with Crippen LogP contribution in [0.3, 0.4) is 0 Å². The van der Waals surface area contributed by atoms with Crippen LogP contribution in [0.2, 0.25) is 0 Å². The van der Waals surface area contributed by atoms with Gasteiger partial charge in [0.25, 0.3) is 0 Å². The van der Waals surface area contributed by atoms with E-state index in [1.165, 1.54) is 7.11 Å². The number of anilines is 1. The zero-order valence-electron chi connectivity index (χ0n) is 13.4. The molecule has 0 bridgehead atoms. The number of nitrogens with one attached hydrogen (secondary N) is 1. The van der Waals surface area contributed by atoms with Crippen molar-refractivity contribution in [2.75, 3.05) is 19.0 Å². The lowest BCUT2D eigenvalue weighted by atomic mass is 10.1. The number of rotatable bonds is 5. The largest absolute Gasteiger partial charge is 0.494 e. The van der Waals surface area contributed by atoms with Gasteiger partial charge in [0.15, 0.2) is 23.0 Å². The molecule has 0 aliphatic heterocycles. The van der Waals surface area contributed by atoms with E-state index in [1.54, 1.807) is 30.6 Å². The van der Waals surface area contributed by atoms with Gasteiger partial charge in [-0.1, -0.05) is 19.9 Å². The summed E-state index contributed by atoms with van der Waals surface area (Å²) in [7, 11) is 1.45. The number of aromatic nitrogens is 3. The third-order valence-corrected chi connectivity index (χ3v) is 3.51. The fraction of sp³-hybridized carbons (Fsp3) is 0.294. The van der Waals surface area contributed by atoms with Gasteiger partial charge < -0.3 is 14.5 Å². The molecule has 3 aromatic rings. The Kier molecular flexibility index (Phi) is 4.14. The summed E-state index contributed by atoms with van der Waals surface area (Å²) >= 11 is 0. The maximum Gasteiger partial charge on any atom is 0.180 e. The van der Waals surface area contributed by atoms with Crippen molar-refractivity contribution >= 4 is 11.5 Å². The predicted molar refractivity (Wildman–Crippen MR) is 88.3 cm³/mol. The average Bonchev–Trinajstić information content (AvgIpc) is 3.01. The first-order valence-electron chi connectivity index (χ1n) is 7.50. The molecule has 1 aromatic carbocycles. The minimum atomic E-state index is -0.420. The van der Waals surface area contributed by atoms with Crippen LogP contribution in [0.25, 0.3) is 16.9 Å². The number of hydrogen-bond donors (Lipinski definition) is 1. The Morgan fingerprint density at radius 2 is 2.17 bits per heavy atom. The molecule has 0 unspecified atom stereocenters. The molecule has 2 heterocycles. The van der Waals surface area contributed by atoms with Crippen LogP contribution >= 0.6 is 0 Å². The van der Waals surface area contributed by atoms with Gasteiger partial charge in [-0.25, -0.2) is 14.4 Å². The van der Waals surface area contributed by atoms with Gasteiger partial charge >= 0.3 is 0 Å². The topological polar surface area (TPSA) is 51.5 Å². The molecular weight excluding hydrogens is 295 g/mol. The predicted octanol–water partition coefficient (Wildman–Crippen LogP) is 3.61. The van der Waals surface area contributed by atoms with Crippen LogP contribution in [0.15, 0.2) is 36.8 Å². The zero-order chi connectivity index (χ0) is 16.4. The van der Waals surface area contributed by atoms with E-state index in [9.17, 15) is 4.39 Å².